The smallest absolute Gasteiger partial charge is 0.347 e. The number of amides is 2. The molecule has 650 valence electrons. The number of phenolic OH excluding ortho intramolecular Hbond substituents is 5. The lowest BCUT2D eigenvalue weighted by atomic mass is 9.78. The Morgan fingerprint density at radius 3 is 1.57 bits per heavy atom. The van der Waals surface area contributed by atoms with Crippen LogP contribution >= 0.6 is 0 Å². The Balaban J connectivity index is 0.000000272. The average Bonchev–Trinajstić information content (AvgIpc) is 1.58. The second-order valence-electron chi connectivity index (χ2n) is 33.2. The van der Waals surface area contributed by atoms with Gasteiger partial charge < -0.3 is 104 Å². The molecule has 4 aromatic carbocycles. The van der Waals surface area contributed by atoms with Crippen molar-refractivity contribution in [2.45, 2.75) is 191 Å². The molecule has 0 saturated carbocycles. The molecular weight excluding hydrogens is 1540 g/mol. The first-order valence-electron chi connectivity index (χ1n) is 40.5. The standard InChI is InChI=1S/C46H62N4O11.C42H58N4O12/c1-22(2)21-50-18-16-46(17-19-50)48-34-31-32-39(54)28(8)42-33(31)43(56)45(10,61-42)59-20-15-30(58-11)25(5)41(60-29(9)51)27(7)38(53)26(6)37(52)23(3)13-12-14-24(4)44(57)47-36(40(32)55)35(34)49-46;1-21-12-11-13-22(2)41(53)44-33-28(20-43-46-17-15-45(8)16-18-46)37(51)30-31(38(33)52)36(50)26(6)40(56-10)32(30)42(54)57-19-14-29(55-9)23(3)39(58-27(7)47)25(5)35(49)24(4)34(21)48/h12-15,20,22-23,25-27,30,37-38,41,52-55H,16-19,21H2,1-11H3,(H,47,57);11-14,19-21,23-25,29,34-35,39,48-52H,15-18H2,1-10H3,(H,44,53)/b13-12-,20-15-,24-14+;12-11+,19-14+,22-13-,43-20+/t23-,25-,26+,27+,30-,37-,38+,41-,45-;/m0./s1. The quantitative estimate of drug-likeness (QED) is 0.0245. The van der Waals surface area contributed by atoms with Crippen molar-refractivity contribution in [2.24, 2.45) is 68.3 Å². The Morgan fingerprint density at radius 1 is 0.597 bits per heavy atom. The number of phenols is 5. The number of nitrogens with zero attached hydrogens (tertiary/aromatic N) is 6. The van der Waals surface area contributed by atoms with Crippen molar-refractivity contribution in [1.29, 1.82) is 0 Å². The number of aliphatic hydroxyl groups excluding tert-OH is 4. The number of hydrogen-bond acceptors (Lipinski definition) is 29. The number of anilines is 2. The highest BCUT2D eigenvalue weighted by molar-refractivity contribution is 6.21. The van der Waals surface area contributed by atoms with Crippen molar-refractivity contribution < 1.29 is 113 Å². The summed E-state index contributed by atoms with van der Waals surface area (Å²) in [5.41, 5.74) is -1.20. The van der Waals surface area contributed by atoms with Crippen LogP contribution in [0.15, 0.2) is 87.4 Å². The predicted octanol–water partition coefficient (Wildman–Crippen LogP) is 8.94. The molecule has 31 heteroatoms. The number of piperidine rings is 1. The normalized spacial score (nSPS) is 31.0. The molecule has 1 spiro atoms. The number of benzene rings is 4. The van der Waals surface area contributed by atoms with Crippen LogP contribution in [-0.4, -0.2) is 237 Å². The molecule has 0 aromatic heterocycles. The number of likely N-dealkylation sites (N-methyl/N-ethyl adjacent to an activating group) is 1. The lowest BCUT2D eigenvalue weighted by molar-refractivity contribution is -0.161. The Morgan fingerprint density at radius 2 is 1.08 bits per heavy atom. The highest BCUT2D eigenvalue weighted by atomic mass is 16.7. The number of aromatic hydroxyl groups is 5. The lowest BCUT2D eigenvalue weighted by Gasteiger charge is -2.38. The Hall–Kier alpha value is -9.99. The van der Waals surface area contributed by atoms with Gasteiger partial charge in [0.15, 0.2) is 17.2 Å². The summed E-state index contributed by atoms with van der Waals surface area (Å²) in [7, 11) is 6.11. The summed E-state index contributed by atoms with van der Waals surface area (Å²) in [4.78, 5) is 95.9. The summed E-state index contributed by atoms with van der Waals surface area (Å²) in [5, 5.41) is 117. The number of rotatable bonds is 9. The van der Waals surface area contributed by atoms with E-state index in [1.807, 2.05) is 7.05 Å². The minimum Gasteiger partial charge on any atom is -0.507 e. The van der Waals surface area contributed by atoms with Gasteiger partial charge in [-0.05, 0) is 52.8 Å². The lowest BCUT2D eigenvalue weighted by Crippen LogP contribution is -2.46. The van der Waals surface area contributed by atoms with E-state index in [1.165, 1.54) is 80.6 Å². The van der Waals surface area contributed by atoms with Crippen molar-refractivity contribution in [1.82, 2.24) is 14.8 Å². The number of allylic oxidation sites excluding steroid dienone is 4. The van der Waals surface area contributed by atoms with E-state index < -0.39 is 166 Å². The van der Waals surface area contributed by atoms with Crippen molar-refractivity contribution in [2.75, 3.05) is 84.8 Å². The molecule has 7 aliphatic rings. The monoisotopic (exact) mass is 1660 g/mol. The van der Waals surface area contributed by atoms with Crippen LogP contribution < -0.4 is 30.8 Å². The number of aliphatic hydroxyl groups is 4. The van der Waals surface area contributed by atoms with Crippen LogP contribution in [-0.2, 0) is 47.6 Å². The van der Waals surface area contributed by atoms with E-state index in [9.17, 15) is 74.7 Å². The van der Waals surface area contributed by atoms with Crippen molar-refractivity contribution in [3.05, 3.63) is 111 Å². The molecule has 7 heterocycles. The van der Waals surface area contributed by atoms with E-state index in [4.69, 9.17) is 47.9 Å². The SMILES string of the molecule is CO[C@H]1/C=C\O[C@@]2(C)Oc3c(C)c(O)c4c(O)c(c5c(c4c3C2=O)=NC2(CCN(CC(C)C)CC2)N=5)NC(=O)/C(C)=C/C=C\[C@H](C)[C@H](O)[C@@H](C)[C@@H](O)[C@@H](C)[C@@H](OC(C)=O)[C@H]1C.COc1c(C)c(O)c2c(O)c3c(/C=N/N4CCN(C)CC4)c(O)c2c1C(=O)O/C=C/C(OC)C(C)C(OC(C)=O)C(C)C(O)C(C)C(O)C(C)/C=C/C=C(/C)C(=O)N3. The molecule has 8 bridgehead atoms. The van der Waals surface area contributed by atoms with E-state index in [0.717, 1.165) is 12.8 Å². The number of ketones is 1. The number of fused-ring (bicyclic) bond motifs is 16. The maximum Gasteiger partial charge on any atom is 0.347 e. The highest BCUT2D eigenvalue weighted by Crippen LogP contribution is 2.54. The van der Waals surface area contributed by atoms with Crippen LogP contribution in [0.4, 0.5) is 11.4 Å². The van der Waals surface area contributed by atoms with Gasteiger partial charge in [0, 0.05) is 169 Å². The first kappa shape index (κ1) is 92.9. The molecule has 4 aromatic rings. The van der Waals surface area contributed by atoms with Gasteiger partial charge >= 0.3 is 23.7 Å². The third-order valence-corrected chi connectivity index (χ3v) is 24.1. The van der Waals surface area contributed by atoms with Crippen molar-refractivity contribution >= 4 is 74.6 Å². The summed E-state index contributed by atoms with van der Waals surface area (Å²) in [6, 6.07) is 0. The third-order valence-electron chi connectivity index (χ3n) is 24.1. The van der Waals surface area contributed by atoms with E-state index in [0.29, 0.717) is 58.0 Å². The number of esters is 3. The molecule has 2 fully saturated rings. The fourth-order valence-electron chi connectivity index (χ4n) is 16.7. The maximum atomic E-state index is 14.7. The topological polar surface area (TPSA) is 429 Å². The number of hydrogen-bond donors (Lipinski definition) is 11. The number of Topliss-reactive ketones (excluding diaryl/α,β-unsaturated/α-hetero) is 1. The molecule has 11 rings (SSSR count). The van der Waals surface area contributed by atoms with E-state index in [-0.39, 0.29) is 99.8 Å². The van der Waals surface area contributed by atoms with Crippen molar-refractivity contribution in [3.8, 4) is 40.2 Å². The Kier molecular flexibility index (Phi) is 30.1. The van der Waals surface area contributed by atoms with Crippen LogP contribution in [0, 0.1) is 67.1 Å². The molecule has 0 aliphatic carbocycles. The molecule has 2 amide bonds. The van der Waals surface area contributed by atoms with Crippen LogP contribution in [0.3, 0.4) is 0 Å². The van der Waals surface area contributed by atoms with Gasteiger partial charge in [0.25, 0.3) is 17.6 Å². The summed E-state index contributed by atoms with van der Waals surface area (Å²) >= 11 is 0. The second-order valence-corrected chi connectivity index (χ2v) is 33.2. The fourth-order valence-corrected chi connectivity index (χ4v) is 16.7. The molecule has 17 atom stereocenters. The number of methoxy groups -OCH3 is 3. The Labute approximate surface area is 694 Å². The zero-order valence-corrected chi connectivity index (χ0v) is 72.0. The number of nitrogens with one attached hydrogen (secondary N) is 2. The maximum absolute atomic E-state index is 14.7. The minimum absolute atomic E-state index is 0.0224. The van der Waals surface area contributed by atoms with Crippen LogP contribution in [0.2, 0.25) is 0 Å². The van der Waals surface area contributed by atoms with Gasteiger partial charge in [-0.25, -0.2) is 4.79 Å². The van der Waals surface area contributed by atoms with Gasteiger partial charge in [0.2, 0.25) is 0 Å². The van der Waals surface area contributed by atoms with Gasteiger partial charge in [-0.1, -0.05) is 106 Å². The first-order valence-corrected chi connectivity index (χ1v) is 40.5. The zero-order chi connectivity index (χ0) is 88.0. The summed E-state index contributed by atoms with van der Waals surface area (Å²) in [5.74, 6) is -13.3. The van der Waals surface area contributed by atoms with E-state index in [2.05, 4.69) is 39.4 Å². The zero-order valence-electron chi connectivity index (χ0n) is 72.0. The fraction of sp³-hybridized carbons (Fsp3) is 0.557. The molecule has 2 saturated heterocycles. The highest BCUT2D eigenvalue weighted by Gasteiger charge is 2.51. The second kappa shape index (κ2) is 38.6. The molecule has 7 aliphatic heterocycles. The average molecular weight is 1660 g/mol. The largest absolute Gasteiger partial charge is 0.507 e. The van der Waals surface area contributed by atoms with Gasteiger partial charge in [-0.15, -0.1) is 0 Å². The summed E-state index contributed by atoms with van der Waals surface area (Å²) < 4.78 is 46.6. The number of piperazine rings is 1. The van der Waals surface area contributed by atoms with Gasteiger partial charge in [-0.2, -0.15) is 5.10 Å². The van der Waals surface area contributed by atoms with Gasteiger partial charge in [0.05, 0.1) is 101 Å². The van der Waals surface area contributed by atoms with Crippen LogP contribution in [0.5, 0.6) is 40.2 Å². The number of likely N-dealkylation sites (tertiary alicyclic amines) is 1. The first-order chi connectivity index (χ1) is 56.0. The van der Waals surface area contributed by atoms with Crippen molar-refractivity contribution in [3.63, 3.8) is 0 Å². The molecule has 8 unspecified atom stereocenters. The van der Waals surface area contributed by atoms with Crippen LogP contribution in [0.1, 0.15) is 154 Å². The molecule has 0 radical (unpaired) electrons. The molecule has 11 N–H and O–H groups in total. The van der Waals surface area contributed by atoms with E-state index in [1.54, 1.807) is 111 Å². The predicted molar refractivity (Wildman–Crippen MR) is 446 cm³/mol. The summed E-state index contributed by atoms with van der Waals surface area (Å²) in [6.07, 6.45) is 9.54. The van der Waals surface area contributed by atoms with Gasteiger partial charge in [-0.3, -0.25) is 39.0 Å². The molecule has 31 nitrogen and oxygen atoms in total. The third kappa shape index (κ3) is 19.6. The number of carbonyl (C=O) groups is 6. The van der Waals surface area contributed by atoms with Gasteiger partial charge in [0.1, 0.15) is 57.6 Å². The number of carbonyl (C=O) groups excluding carboxylic acids is 6. The molecule has 119 heavy (non-hydrogen) atoms. The number of hydrazone groups is 1. The summed E-state index contributed by atoms with van der Waals surface area (Å²) in [6.45, 7) is 33.1. The minimum atomic E-state index is -1.96. The van der Waals surface area contributed by atoms with Crippen LogP contribution in [0.25, 0.3) is 21.5 Å². The Bertz CT molecular complexity index is 4860. The number of ether oxygens (including phenoxy) is 8. The molecular formula is C88H120N8O23. The van der Waals surface area contributed by atoms with E-state index >= 15 is 0 Å².